The van der Waals surface area contributed by atoms with Crippen LogP contribution in [0, 0.1) is 5.92 Å². The maximum atomic E-state index is 14.0. The number of benzene rings is 1. The van der Waals surface area contributed by atoms with Crippen molar-refractivity contribution >= 4 is 64.1 Å². The zero-order chi connectivity index (χ0) is 51.4. The van der Waals surface area contributed by atoms with Crippen LogP contribution in [0.15, 0.2) is 43.0 Å². The standard InChI is InChI=1S/C44H67N13O12/c1-22(2)14-31(54-38(62)23(3)46)40(64)55-33(16-27-18-47-21-51-27)39(63)50-19-34(60)49-20-35(61)52-32(15-26-17-48-29-11-7-6-10-28(26)29)41(65)56-37(25(5)59)43(67)57-36(24(4)58)42(66)53-30(44(68)69)12-8-9-13-45/h6-7,10-11,17-18,21-25,30-33,36-37,48,58-59H,8-9,12-16,19-20,45-46H2,1-5H3,(H,47,51)(H,49,60)(H,50,63)(H,52,61)(H,53,66)(H,54,62)(H,55,64)(H,56,65)(H,57,67)(H,68,69)/t23-,24+,25+,30-,31-,32-,33-,36-,37-/m0/s1. The van der Waals surface area contributed by atoms with Crippen LogP contribution in [0.25, 0.3) is 10.9 Å². The van der Waals surface area contributed by atoms with E-state index in [9.17, 15) is 58.5 Å². The number of aromatic nitrogens is 3. The number of nitrogens with zero attached hydrogens (tertiary/aromatic N) is 1. The van der Waals surface area contributed by atoms with Gasteiger partial charge < -0.3 is 79.3 Å². The second kappa shape index (κ2) is 27.8. The molecule has 0 spiro atoms. The molecular weight excluding hydrogens is 903 g/mol. The fraction of sp³-hybridized carbons (Fsp3) is 0.545. The number of aliphatic hydroxyl groups excluding tert-OH is 2. The number of aromatic amines is 2. The highest BCUT2D eigenvalue weighted by molar-refractivity contribution is 5.97. The van der Waals surface area contributed by atoms with E-state index in [2.05, 4.69) is 57.5 Å². The largest absolute Gasteiger partial charge is 0.480 e. The van der Waals surface area contributed by atoms with Gasteiger partial charge >= 0.3 is 5.97 Å². The van der Waals surface area contributed by atoms with Gasteiger partial charge in [-0.05, 0) is 70.5 Å². The Morgan fingerprint density at radius 1 is 0.652 bits per heavy atom. The van der Waals surface area contributed by atoms with Crippen molar-refractivity contribution in [2.45, 2.75) is 128 Å². The van der Waals surface area contributed by atoms with E-state index < -0.39 is 121 Å². The number of aliphatic hydroxyl groups is 2. The first-order valence-electron chi connectivity index (χ1n) is 22.5. The molecule has 25 nitrogen and oxygen atoms in total. The van der Waals surface area contributed by atoms with E-state index in [0.717, 1.165) is 0 Å². The molecule has 3 aromatic rings. The maximum absolute atomic E-state index is 14.0. The van der Waals surface area contributed by atoms with Gasteiger partial charge in [-0.2, -0.15) is 0 Å². The molecule has 0 radical (unpaired) electrons. The minimum Gasteiger partial charge on any atom is -0.480 e. The molecule has 69 heavy (non-hydrogen) atoms. The van der Waals surface area contributed by atoms with Crippen molar-refractivity contribution in [2.75, 3.05) is 19.6 Å². The summed E-state index contributed by atoms with van der Waals surface area (Å²) in [5, 5.41) is 50.8. The number of H-pyrrole nitrogens is 2. The van der Waals surface area contributed by atoms with E-state index in [1.165, 1.54) is 33.3 Å². The van der Waals surface area contributed by atoms with Crippen LogP contribution < -0.4 is 54.0 Å². The first-order chi connectivity index (χ1) is 32.6. The number of para-hydroxylation sites is 1. The van der Waals surface area contributed by atoms with Gasteiger partial charge in [0.1, 0.15) is 36.3 Å². The second-order valence-corrected chi connectivity index (χ2v) is 17.1. The number of aliphatic carboxylic acids is 1. The number of nitrogens with two attached hydrogens (primary N) is 2. The van der Waals surface area contributed by atoms with E-state index in [1.54, 1.807) is 30.5 Å². The molecule has 2 aromatic heterocycles. The lowest BCUT2D eigenvalue weighted by Gasteiger charge is -2.28. The molecule has 9 atom stereocenters. The molecule has 3 rings (SSSR count). The highest BCUT2D eigenvalue weighted by atomic mass is 16.4. The van der Waals surface area contributed by atoms with Crippen LogP contribution in [0.4, 0.5) is 0 Å². The van der Waals surface area contributed by atoms with Crippen LogP contribution >= 0.6 is 0 Å². The number of amides is 8. The Morgan fingerprint density at radius 2 is 1.23 bits per heavy atom. The van der Waals surface area contributed by atoms with Crippen molar-refractivity contribution in [3.8, 4) is 0 Å². The number of nitrogens with one attached hydrogen (secondary N) is 10. The van der Waals surface area contributed by atoms with E-state index in [0.29, 0.717) is 41.5 Å². The second-order valence-electron chi connectivity index (χ2n) is 17.1. The predicted octanol–water partition coefficient (Wildman–Crippen LogP) is -3.81. The van der Waals surface area contributed by atoms with Crippen LogP contribution in [0.3, 0.4) is 0 Å². The summed E-state index contributed by atoms with van der Waals surface area (Å²) in [6.07, 6.45) is 2.10. The monoisotopic (exact) mass is 970 g/mol. The predicted molar refractivity (Wildman–Crippen MR) is 249 cm³/mol. The Labute approximate surface area is 398 Å². The normalized spacial score (nSPS) is 15.2. The van der Waals surface area contributed by atoms with Crippen molar-refractivity contribution in [3.63, 3.8) is 0 Å². The molecule has 8 amide bonds. The van der Waals surface area contributed by atoms with Crippen LogP contribution in [0.1, 0.15) is 71.6 Å². The van der Waals surface area contributed by atoms with Gasteiger partial charge in [0.25, 0.3) is 0 Å². The molecule has 0 unspecified atom stereocenters. The average Bonchev–Trinajstić information content (AvgIpc) is 3.96. The fourth-order valence-electron chi connectivity index (χ4n) is 6.93. The molecule has 0 aliphatic rings. The molecule has 0 fully saturated rings. The minimum atomic E-state index is -1.77. The Morgan fingerprint density at radius 3 is 1.83 bits per heavy atom. The molecule has 0 aliphatic heterocycles. The van der Waals surface area contributed by atoms with E-state index in [4.69, 9.17) is 11.5 Å². The molecule has 0 aliphatic carbocycles. The number of carbonyl (C=O) groups excluding carboxylic acids is 8. The fourth-order valence-corrected chi connectivity index (χ4v) is 6.93. The number of hydrogen-bond acceptors (Lipinski definition) is 14. The summed E-state index contributed by atoms with van der Waals surface area (Å²) in [4.78, 5) is 128. The third-order valence-electron chi connectivity index (χ3n) is 10.7. The summed E-state index contributed by atoms with van der Waals surface area (Å²) < 4.78 is 0. The Kier molecular flexibility index (Phi) is 22.7. The first-order valence-corrected chi connectivity index (χ1v) is 22.5. The summed E-state index contributed by atoms with van der Waals surface area (Å²) >= 11 is 0. The van der Waals surface area contributed by atoms with Gasteiger partial charge in [-0.25, -0.2) is 9.78 Å². The molecule has 0 saturated heterocycles. The number of hydrogen-bond donors (Lipinski definition) is 15. The zero-order valence-electron chi connectivity index (χ0n) is 39.3. The number of carboxylic acid groups (broad SMARTS) is 1. The quantitative estimate of drug-likeness (QED) is 0.0297. The maximum Gasteiger partial charge on any atom is 0.326 e. The van der Waals surface area contributed by atoms with Crippen molar-refractivity contribution in [3.05, 3.63) is 54.2 Å². The number of rotatable bonds is 29. The lowest BCUT2D eigenvalue weighted by molar-refractivity contribution is -0.143. The van der Waals surface area contributed by atoms with Gasteiger partial charge in [0.05, 0.1) is 37.7 Å². The van der Waals surface area contributed by atoms with E-state index in [-0.39, 0.29) is 31.6 Å². The minimum absolute atomic E-state index is 0.0163. The summed E-state index contributed by atoms with van der Waals surface area (Å²) in [5.41, 5.74) is 12.9. The van der Waals surface area contributed by atoms with E-state index in [1.807, 2.05) is 13.8 Å². The van der Waals surface area contributed by atoms with Gasteiger partial charge in [-0.1, -0.05) is 32.0 Å². The summed E-state index contributed by atoms with van der Waals surface area (Å²) in [5.74, 6) is -8.28. The SMILES string of the molecule is CC(C)C[C@H](NC(=O)[C@H](C)N)C(=O)N[C@@H](Cc1cnc[nH]1)C(=O)NCC(=O)NCC(=O)N[C@@H](Cc1c[nH]c2ccccc12)C(=O)N[C@H](C(=O)N[C@H](C(=O)N[C@@H](CCCCN)C(=O)O)[C@@H](C)O)[C@@H](C)O. The highest BCUT2D eigenvalue weighted by Crippen LogP contribution is 2.19. The summed E-state index contributed by atoms with van der Waals surface area (Å²) in [6.45, 7) is 6.42. The lowest BCUT2D eigenvalue weighted by atomic mass is 10.0. The molecule has 17 N–H and O–H groups in total. The smallest absolute Gasteiger partial charge is 0.326 e. The zero-order valence-corrected chi connectivity index (χ0v) is 39.3. The van der Waals surface area contributed by atoms with Crippen LogP contribution in [0.5, 0.6) is 0 Å². The number of carbonyl (C=O) groups is 9. The summed E-state index contributed by atoms with van der Waals surface area (Å²) in [7, 11) is 0. The highest BCUT2D eigenvalue weighted by Gasteiger charge is 2.36. The summed E-state index contributed by atoms with van der Waals surface area (Å²) in [6, 6.07) is -2.41. The average molecular weight is 970 g/mol. The van der Waals surface area contributed by atoms with Gasteiger partial charge in [0.15, 0.2) is 0 Å². The van der Waals surface area contributed by atoms with E-state index >= 15 is 0 Å². The third-order valence-corrected chi connectivity index (χ3v) is 10.7. The van der Waals surface area contributed by atoms with Gasteiger partial charge in [-0.15, -0.1) is 0 Å². The lowest BCUT2D eigenvalue weighted by Crippen LogP contribution is -2.62. The van der Waals surface area contributed by atoms with Gasteiger partial charge in [0.2, 0.25) is 47.3 Å². The molecular formula is C44H67N13O12. The molecule has 25 heteroatoms. The molecule has 1 aromatic carbocycles. The van der Waals surface area contributed by atoms with Gasteiger partial charge in [0, 0.05) is 41.8 Å². The molecule has 2 heterocycles. The molecule has 0 saturated carbocycles. The molecule has 0 bridgehead atoms. The van der Waals surface area contributed by atoms with Crippen LogP contribution in [-0.2, 0) is 56.0 Å². The third kappa shape index (κ3) is 18.6. The Balaban J connectivity index is 1.73. The van der Waals surface area contributed by atoms with Crippen LogP contribution in [0.2, 0.25) is 0 Å². The Bertz CT molecular complexity index is 2210. The van der Waals surface area contributed by atoms with Crippen molar-refractivity contribution < 1.29 is 58.5 Å². The van der Waals surface area contributed by atoms with Crippen LogP contribution in [-0.4, -0.2) is 158 Å². The first kappa shape index (κ1) is 56.4. The molecule has 380 valence electrons. The number of imidazole rings is 1. The topological polar surface area (TPSA) is 407 Å². The van der Waals surface area contributed by atoms with Gasteiger partial charge in [-0.3, -0.25) is 38.4 Å². The van der Waals surface area contributed by atoms with Crippen molar-refractivity contribution in [1.82, 2.24) is 57.5 Å². The number of unbranched alkanes of at least 4 members (excludes halogenated alkanes) is 1. The number of carboxylic acids is 1. The van der Waals surface area contributed by atoms with Crippen molar-refractivity contribution in [2.24, 2.45) is 17.4 Å². The number of fused-ring (bicyclic) bond motifs is 1. The van der Waals surface area contributed by atoms with Crippen molar-refractivity contribution in [1.29, 1.82) is 0 Å². The Hall–Kier alpha value is -6.96.